The van der Waals surface area contributed by atoms with Crippen LogP contribution in [0.3, 0.4) is 0 Å². The van der Waals surface area contributed by atoms with Gasteiger partial charge in [0, 0.05) is 10.9 Å². The number of hydrogen-bond acceptors (Lipinski definition) is 3. The molecule has 1 atom stereocenters. The standard InChI is InChI=1S/C17H16FNO2/c1-10-12-5-3-4-6-14(12)21-17(10)16(19)11-7-8-15(20-2)13(18)9-11/h3-9,16H,19H2,1-2H3. The molecule has 0 aliphatic carbocycles. The van der Waals surface area contributed by atoms with E-state index in [-0.39, 0.29) is 5.75 Å². The van der Waals surface area contributed by atoms with E-state index in [9.17, 15) is 4.39 Å². The van der Waals surface area contributed by atoms with Crippen molar-refractivity contribution in [3.05, 3.63) is 65.2 Å². The van der Waals surface area contributed by atoms with Gasteiger partial charge in [-0.15, -0.1) is 0 Å². The van der Waals surface area contributed by atoms with Gasteiger partial charge in [0.1, 0.15) is 11.3 Å². The average molecular weight is 285 g/mol. The van der Waals surface area contributed by atoms with Gasteiger partial charge < -0.3 is 14.9 Å². The van der Waals surface area contributed by atoms with Gasteiger partial charge in [-0.05, 0) is 30.7 Å². The molecule has 1 unspecified atom stereocenters. The van der Waals surface area contributed by atoms with Gasteiger partial charge in [-0.1, -0.05) is 24.3 Å². The molecule has 0 saturated carbocycles. The van der Waals surface area contributed by atoms with Crippen molar-refractivity contribution in [3.8, 4) is 5.75 Å². The number of rotatable bonds is 3. The predicted octanol–water partition coefficient (Wildman–Crippen LogP) is 3.94. The summed E-state index contributed by atoms with van der Waals surface area (Å²) < 4.78 is 24.6. The van der Waals surface area contributed by atoms with Gasteiger partial charge in [-0.25, -0.2) is 4.39 Å². The first-order chi connectivity index (χ1) is 10.1. The van der Waals surface area contributed by atoms with Crippen LogP contribution < -0.4 is 10.5 Å². The molecule has 0 bridgehead atoms. The first-order valence-corrected chi connectivity index (χ1v) is 6.69. The Kier molecular flexibility index (Phi) is 3.39. The summed E-state index contributed by atoms with van der Waals surface area (Å²) in [5.74, 6) is 0.423. The van der Waals surface area contributed by atoms with Crippen LogP contribution in [0, 0.1) is 12.7 Å². The lowest BCUT2D eigenvalue weighted by atomic mass is 10.0. The van der Waals surface area contributed by atoms with Crippen LogP contribution in [0.15, 0.2) is 46.9 Å². The maximum atomic E-state index is 13.8. The van der Waals surface area contributed by atoms with Gasteiger partial charge in [-0.3, -0.25) is 0 Å². The minimum absolute atomic E-state index is 0.201. The molecule has 3 nitrogen and oxygen atoms in total. The van der Waals surface area contributed by atoms with E-state index in [1.807, 2.05) is 31.2 Å². The Morgan fingerprint density at radius 3 is 2.62 bits per heavy atom. The number of halogens is 1. The molecule has 1 heterocycles. The van der Waals surface area contributed by atoms with Crippen molar-refractivity contribution in [2.75, 3.05) is 7.11 Å². The van der Waals surface area contributed by atoms with Gasteiger partial charge in [-0.2, -0.15) is 0 Å². The largest absolute Gasteiger partial charge is 0.494 e. The molecule has 108 valence electrons. The molecule has 0 aliphatic rings. The van der Waals surface area contributed by atoms with Crippen molar-refractivity contribution in [1.82, 2.24) is 0 Å². The highest BCUT2D eigenvalue weighted by molar-refractivity contribution is 5.82. The molecule has 2 aromatic carbocycles. The number of fused-ring (bicyclic) bond motifs is 1. The minimum Gasteiger partial charge on any atom is -0.494 e. The van der Waals surface area contributed by atoms with E-state index >= 15 is 0 Å². The summed E-state index contributed by atoms with van der Waals surface area (Å²) in [7, 11) is 1.43. The van der Waals surface area contributed by atoms with Gasteiger partial charge >= 0.3 is 0 Å². The lowest BCUT2D eigenvalue weighted by Gasteiger charge is -2.12. The SMILES string of the molecule is COc1ccc(C(N)c2oc3ccccc3c2C)cc1F. The molecule has 2 N–H and O–H groups in total. The third-order valence-corrected chi connectivity index (χ3v) is 3.70. The monoisotopic (exact) mass is 285 g/mol. The molecule has 0 saturated heterocycles. The highest BCUT2D eigenvalue weighted by atomic mass is 19.1. The van der Waals surface area contributed by atoms with E-state index < -0.39 is 11.9 Å². The van der Waals surface area contributed by atoms with Crippen LogP contribution in [-0.2, 0) is 0 Å². The number of aryl methyl sites for hydroxylation is 1. The quantitative estimate of drug-likeness (QED) is 0.793. The molecule has 3 aromatic rings. The van der Waals surface area contributed by atoms with Crippen LogP contribution in [0.1, 0.15) is 22.9 Å². The van der Waals surface area contributed by atoms with E-state index in [0.29, 0.717) is 11.3 Å². The van der Waals surface area contributed by atoms with E-state index in [2.05, 4.69) is 0 Å². The van der Waals surface area contributed by atoms with Crippen molar-refractivity contribution >= 4 is 11.0 Å². The lowest BCUT2D eigenvalue weighted by molar-refractivity contribution is 0.385. The zero-order valence-electron chi connectivity index (χ0n) is 11.9. The average Bonchev–Trinajstić information content (AvgIpc) is 2.84. The summed E-state index contributed by atoms with van der Waals surface area (Å²) in [5.41, 5.74) is 8.66. The molecule has 0 fully saturated rings. The molecule has 21 heavy (non-hydrogen) atoms. The Morgan fingerprint density at radius 1 is 1.19 bits per heavy atom. The zero-order chi connectivity index (χ0) is 15.0. The molecule has 0 radical (unpaired) electrons. The Labute approximate surface area is 122 Å². The summed E-state index contributed by atoms with van der Waals surface area (Å²) in [5, 5.41) is 1.02. The fourth-order valence-corrected chi connectivity index (χ4v) is 2.52. The minimum atomic E-state index is -0.516. The molecular weight excluding hydrogens is 269 g/mol. The van der Waals surface area contributed by atoms with Crippen molar-refractivity contribution in [3.63, 3.8) is 0 Å². The van der Waals surface area contributed by atoms with Crippen molar-refractivity contribution in [2.24, 2.45) is 5.73 Å². The number of benzene rings is 2. The second kappa shape index (κ2) is 5.22. The molecular formula is C17H16FNO2. The highest BCUT2D eigenvalue weighted by Gasteiger charge is 2.19. The van der Waals surface area contributed by atoms with Gasteiger partial charge in [0.05, 0.1) is 13.2 Å². The Bertz CT molecular complexity index is 795. The third kappa shape index (κ3) is 2.28. The second-order valence-corrected chi connectivity index (χ2v) is 4.96. The summed E-state index contributed by atoms with van der Waals surface area (Å²) in [6.45, 7) is 1.96. The number of furan rings is 1. The summed E-state index contributed by atoms with van der Waals surface area (Å²) >= 11 is 0. The normalized spacial score (nSPS) is 12.6. The van der Waals surface area contributed by atoms with E-state index in [0.717, 1.165) is 16.5 Å². The molecule has 0 aliphatic heterocycles. The summed E-state index contributed by atoms with van der Waals surface area (Å²) in [4.78, 5) is 0. The van der Waals surface area contributed by atoms with E-state index in [4.69, 9.17) is 14.9 Å². The molecule has 3 rings (SSSR count). The number of para-hydroxylation sites is 1. The Morgan fingerprint density at radius 2 is 1.95 bits per heavy atom. The third-order valence-electron chi connectivity index (χ3n) is 3.70. The molecule has 0 spiro atoms. The van der Waals surface area contributed by atoms with Gasteiger partial charge in [0.25, 0.3) is 0 Å². The van der Waals surface area contributed by atoms with Gasteiger partial charge in [0.2, 0.25) is 0 Å². The molecule has 0 amide bonds. The summed E-state index contributed by atoms with van der Waals surface area (Å²) in [6, 6.07) is 11.9. The van der Waals surface area contributed by atoms with Crippen LogP contribution in [0.25, 0.3) is 11.0 Å². The van der Waals surface area contributed by atoms with Crippen molar-refractivity contribution < 1.29 is 13.5 Å². The van der Waals surface area contributed by atoms with Crippen molar-refractivity contribution in [2.45, 2.75) is 13.0 Å². The maximum Gasteiger partial charge on any atom is 0.165 e. The fourth-order valence-electron chi connectivity index (χ4n) is 2.52. The van der Waals surface area contributed by atoms with Gasteiger partial charge in [0.15, 0.2) is 11.6 Å². The number of methoxy groups -OCH3 is 1. The van der Waals surface area contributed by atoms with Crippen LogP contribution in [0.5, 0.6) is 5.75 Å². The summed E-state index contributed by atoms with van der Waals surface area (Å²) in [6.07, 6.45) is 0. The number of nitrogens with two attached hydrogens (primary N) is 1. The first kappa shape index (κ1) is 13.6. The maximum absolute atomic E-state index is 13.8. The first-order valence-electron chi connectivity index (χ1n) is 6.69. The Hall–Kier alpha value is -2.33. The fraction of sp³-hybridized carbons (Fsp3) is 0.176. The van der Waals surface area contributed by atoms with Crippen LogP contribution in [0.4, 0.5) is 4.39 Å². The van der Waals surface area contributed by atoms with Crippen LogP contribution in [-0.4, -0.2) is 7.11 Å². The Balaban J connectivity index is 2.06. The van der Waals surface area contributed by atoms with Crippen molar-refractivity contribution in [1.29, 1.82) is 0 Å². The smallest absolute Gasteiger partial charge is 0.165 e. The number of hydrogen-bond donors (Lipinski definition) is 1. The highest BCUT2D eigenvalue weighted by Crippen LogP contribution is 2.32. The van der Waals surface area contributed by atoms with E-state index in [1.165, 1.54) is 13.2 Å². The zero-order valence-corrected chi connectivity index (χ0v) is 11.9. The molecule has 4 heteroatoms. The topological polar surface area (TPSA) is 48.4 Å². The lowest BCUT2D eigenvalue weighted by Crippen LogP contribution is -2.12. The van der Waals surface area contributed by atoms with Crippen LogP contribution >= 0.6 is 0 Å². The van der Waals surface area contributed by atoms with E-state index in [1.54, 1.807) is 12.1 Å². The predicted molar refractivity (Wildman–Crippen MR) is 79.9 cm³/mol. The molecule has 1 aromatic heterocycles. The van der Waals surface area contributed by atoms with Crippen LogP contribution in [0.2, 0.25) is 0 Å². The number of ether oxygens (including phenoxy) is 1. The second-order valence-electron chi connectivity index (χ2n) is 4.96.